The second kappa shape index (κ2) is 20.8. The Balaban J connectivity index is 0.00000338. The molecular formula is C37H56N6O5S4. The molecule has 5 rings (SSSR count). The fourth-order valence-electron chi connectivity index (χ4n) is 6.42. The average molecular weight is 793 g/mol. The van der Waals surface area contributed by atoms with Gasteiger partial charge in [0.1, 0.15) is 11.9 Å². The van der Waals surface area contributed by atoms with Gasteiger partial charge in [0.25, 0.3) is 0 Å². The number of alkyl carbamates (subject to hydrolysis) is 1. The highest BCUT2D eigenvalue weighted by Crippen LogP contribution is 2.34. The van der Waals surface area contributed by atoms with Crippen molar-refractivity contribution in [2.24, 2.45) is 23.7 Å². The molecule has 2 aromatic carbocycles. The van der Waals surface area contributed by atoms with Crippen LogP contribution in [-0.4, -0.2) is 76.4 Å². The fraction of sp³-hybridized carbons (Fsp3) is 0.486. The van der Waals surface area contributed by atoms with Crippen LogP contribution in [0.4, 0.5) is 10.5 Å². The summed E-state index contributed by atoms with van der Waals surface area (Å²) < 4.78 is 4.67. The van der Waals surface area contributed by atoms with Crippen LogP contribution >= 0.6 is 54.0 Å². The van der Waals surface area contributed by atoms with E-state index >= 15 is 0 Å². The van der Waals surface area contributed by atoms with Crippen LogP contribution in [0.2, 0.25) is 0 Å². The first kappa shape index (κ1) is 46.8. The number of nitrogens with one attached hydrogen (secondary N) is 3. The number of imidazole rings is 1. The molecule has 4 atom stereocenters. The Kier molecular flexibility index (Phi) is 18.7. The van der Waals surface area contributed by atoms with Crippen LogP contribution in [0.15, 0.2) is 54.7 Å². The maximum Gasteiger partial charge on any atom is 0.407 e. The van der Waals surface area contributed by atoms with Crippen molar-refractivity contribution in [3.8, 4) is 22.4 Å². The lowest BCUT2D eigenvalue weighted by molar-refractivity contribution is -0.137. The van der Waals surface area contributed by atoms with Crippen LogP contribution in [0, 0.1) is 23.7 Å². The molecular weight excluding hydrogens is 737 g/mol. The summed E-state index contributed by atoms with van der Waals surface area (Å²) in [5, 5.41) is 5.60. The maximum absolute atomic E-state index is 13.1. The Hall–Kier alpha value is -3.27. The Morgan fingerprint density at radius 1 is 0.808 bits per heavy atom. The van der Waals surface area contributed by atoms with E-state index in [2.05, 4.69) is 63.5 Å². The molecule has 3 aromatic rings. The molecule has 3 N–H and O–H groups in total. The molecule has 2 fully saturated rings. The molecule has 0 radical (unpaired) electrons. The number of likely N-dealkylation sites (tertiary alicyclic amines) is 2. The lowest BCUT2D eigenvalue weighted by Gasteiger charge is -2.27. The highest BCUT2D eigenvalue weighted by atomic mass is 32.1. The minimum Gasteiger partial charge on any atom is -0.453 e. The third-order valence-corrected chi connectivity index (χ3v) is 9.78. The zero-order chi connectivity index (χ0) is 34.5. The smallest absolute Gasteiger partial charge is 0.407 e. The van der Waals surface area contributed by atoms with Gasteiger partial charge in [0.05, 0.1) is 31.0 Å². The summed E-state index contributed by atoms with van der Waals surface area (Å²) in [6, 6.07) is 15.2. The second-order valence-corrected chi connectivity index (χ2v) is 13.7. The van der Waals surface area contributed by atoms with Gasteiger partial charge in [0.2, 0.25) is 17.7 Å². The van der Waals surface area contributed by atoms with Crippen LogP contribution < -0.4 is 10.6 Å². The molecule has 1 aromatic heterocycles. The predicted molar refractivity (Wildman–Crippen MR) is 226 cm³/mol. The summed E-state index contributed by atoms with van der Waals surface area (Å²) in [7, 11) is 1.26. The van der Waals surface area contributed by atoms with Gasteiger partial charge >= 0.3 is 6.09 Å². The highest BCUT2D eigenvalue weighted by molar-refractivity contribution is 7.59. The SMILES string of the molecule is COC(=O)N[C@H](C(=O)N1CC[C@H](C(=O)Nc2ccc(-c3ccc(-c4cnc([C@@H]5CCCN5C(=O)[C@@H](C)C(C)C)[nH]4)cc3)cc2)C1)C(C)C.S.S.S.S. The number of methoxy groups -OCH3 is 1. The van der Waals surface area contributed by atoms with Crippen LogP contribution in [0.1, 0.15) is 65.7 Å². The molecule has 2 aliphatic rings. The monoisotopic (exact) mass is 792 g/mol. The lowest BCUT2D eigenvalue weighted by atomic mass is 9.96. The molecule has 0 aliphatic carbocycles. The Morgan fingerprint density at radius 2 is 1.40 bits per heavy atom. The molecule has 288 valence electrons. The third kappa shape index (κ3) is 10.9. The number of benzene rings is 2. The number of amides is 4. The molecule has 2 saturated heterocycles. The quantitative estimate of drug-likeness (QED) is 0.220. The summed E-state index contributed by atoms with van der Waals surface area (Å²) >= 11 is 0. The topological polar surface area (TPSA) is 137 Å². The number of aromatic amines is 1. The van der Waals surface area contributed by atoms with Gasteiger partial charge in [0.15, 0.2) is 0 Å². The van der Waals surface area contributed by atoms with E-state index in [9.17, 15) is 19.2 Å². The lowest BCUT2D eigenvalue weighted by Crippen LogP contribution is -2.50. The fourth-order valence-corrected chi connectivity index (χ4v) is 6.42. The highest BCUT2D eigenvalue weighted by Gasteiger charge is 2.37. The van der Waals surface area contributed by atoms with E-state index < -0.39 is 12.1 Å². The van der Waals surface area contributed by atoms with Crippen LogP contribution in [-0.2, 0) is 19.1 Å². The summed E-state index contributed by atoms with van der Waals surface area (Å²) in [5.74, 6) is 0.502. The normalized spacial score (nSPS) is 17.5. The number of rotatable bonds is 10. The summed E-state index contributed by atoms with van der Waals surface area (Å²) in [6.07, 6.45) is 3.63. The van der Waals surface area contributed by atoms with E-state index in [1.165, 1.54) is 7.11 Å². The number of nitrogens with zero attached hydrogens (tertiary/aromatic N) is 3. The van der Waals surface area contributed by atoms with Crippen LogP contribution in [0.3, 0.4) is 0 Å². The zero-order valence-electron chi connectivity index (χ0n) is 30.8. The summed E-state index contributed by atoms with van der Waals surface area (Å²) in [4.78, 5) is 62.7. The first-order chi connectivity index (χ1) is 23.0. The molecule has 3 heterocycles. The number of ether oxygens (including phenoxy) is 1. The van der Waals surface area contributed by atoms with Gasteiger partial charge in [-0.15, -0.1) is 0 Å². The van der Waals surface area contributed by atoms with Crippen molar-refractivity contribution in [2.75, 3.05) is 32.1 Å². The minimum absolute atomic E-state index is 0. The average Bonchev–Trinajstić information content (AvgIpc) is 3.88. The first-order valence-corrected chi connectivity index (χ1v) is 17.0. The van der Waals surface area contributed by atoms with E-state index in [0.717, 1.165) is 47.6 Å². The van der Waals surface area contributed by atoms with Gasteiger partial charge in [-0.3, -0.25) is 14.4 Å². The Morgan fingerprint density at radius 3 is 1.98 bits per heavy atom. The molecule has 15 heteroatoms. The Labute approximate surface area is 335 Å². The van der Waals surface area contributed by atoms with Gasteiger partial charge in [-0.2, -0.15) is 54.0 Å². The molecule has 0 unspecified atom stereocenters. The van der Waals surface area contributed by atoms with Gasteiger partial charge in [0, 0.05) is 31.2 Å². The number of carbonyl (C=O) groups is 4. The van der Waals surface area contributed by atoms with Gasteiger partial charge in [-0.1, -0.05) is 71.0 Å². The van der Waals surface area contributed by atoms with E-state index in [-0.39, 0.29) is 95.5 Å². The van der Waals surface area contributed by atoms with E-state index in [1.807, 2.05) is 56.1 Å². The zero-order valence-corrected chi connectivity index (χ0v) is 34.8. The maximum atomic E-state index is 13.1. The first-order valence-electron chi connectivity index (χ1n) is 17.0. The number of H-pyrrole nitrogens is 1. The summed E-state index contributed by atoms with van der Waals surface area (Å²) in [6.45, 7) is 11.4. The number of carbonyl (C=O) groups excluding carboxylic acids is 4. The molecule has 11 nitrogen and oxygen atoms in total. The molecule has 0 spiro atoms. The van der Waals surface area contributed by atoms with Crippen LogP contribution in [0.5, 0.6) is 0 Å². The molecule has 0 bridgehead atoms. The second-order valence-electron chi connectivity index (χ2n) is 13.7. The molecule has 0 saturated carbocycles. The van der Waals surface area contributed by atoms with Crippen molar-refractivity contribution >= 4 is 83.5 Å². The molecule has 52 heavy (non-hydrogen) atoms. The van der Waals surface area contributed by atoms with Crippen molar-refractivity contribution in [1.29, 1.82) is 0 Å². The largest absolute Gasteiger partial charge is 0.453 e. The number of aromatic nitrogens is 2. The van der Waals surface area contributed by atoms with Crippen molar-refractivity contribution in [3.05, 3.63) is 60.6 Å². The molecule has 2 aliphatic heterocycles. The van der Waals surface area contributed by atoms with Crippen molar-refractivity contribution in [2.45, 2.75) is 66.0 Å². The number of hydrogen-bond donors (Lipinski definition) is 3. The standard InChI is InChI=1S/C37H48N6O5.4H2S/c1-22(2)24(5)35(45)43-18-7-8-31(43)33-38-20-30(40-33)27-11-9-25(10-12-27)26-13-15-29(16-14-26)39-34(44)28-17-19-42(21-28)36(46)32(23(3)4)41-37(47)48-6;;;;/h9-16,20,22-24,28,31-32H,7-8,17-19,21H2,1-6H3,(H,38,40)(H,39,44)(H,41,47);4*1H2/t24-,28-,31-,32-;;;;/m0..../s1. The van der Waals surface area contributed by atoms with Gasteiger partial charge in [-0.05, 0) is 59.9 Å². The van der Waals surface area contributed by atoms with E-state index in [4.69, 9.17) is 0 Å². The van der Waals surface area contributed by atoms with Crippen LogP contribution in [0.25, 0.3) is 22.4 Å². The number of anilines is 1. The van der Waals surface area contributed by atoms with Crippen molar-refractivity contribution in [1.82, 2.24) is 25.1 Å². The predicted octanol–water partition coefficient (Wildman–Crippen LogP) is 6.32. The number of hydrogen-bond acceptors (Lipinski definition) is 6. The van der Waals surface area contributed by atoms with Gasteiger partial charge in [-0.25, -0.2) is 9.78 Å². The van der Waals surface area contributed by atoms with E-state index in [0.29, 0.717) is 31.1 Å². The Bertz CT molecular complexity index is 1620. The summed E-state index contributed by atoms with van der Waals surface area (Å²) in [5.41, 5.74) is 4.66. The molecule has 4 amide bonds. The van der Waals surface area contributed by atoms with E-state index in [1.54, 1.807) is 4.90 Å². The van der Waals surface area contributed by atoms with Crippen molar-refractivity contribution in [3.63, 3.8) is 0 Å². The third-order valence-electron chi connectivity index (χ3n) is 9.78. The van der Waals surface area contributed by atoms with Crippen molar-refractivity contribution < 1.29 is 23.9 Å². The van der Waals surface area contributed by atoms with Gasteiger partial charge < -0.3 is 30.2 Å². The minimum atomic E-state index is -0.712.